The van der Waals surface area contributed by atoms with Crippen LogP contribution in [0.5, 0.6) is 0 Å². The summed E-state index contributed by atoms with van der Waals surface area (Å²) in [7, 11) is 0. The van der Waals surface area contributed by atoms with Gasteiger partial charge in [0.1, 0.15) is 34.4 Å². The highest BCUT2D eigenvalue weighted by Gasteiger charge is 2.22. The molecule has 2 aromatic rings. The second-order valence-electron chi connectivity index (χ2n) is 4.20. The highest BCUT2D eigenvalue weighted by molar-refractivity contribution is 7.99. The van der Waals surface area contributed by atoms with Crippen LogP contribution < -0.4 is 5.73 Å². The van der Waals surface area contributed by atoms with Gasteiger partial charge in [-0.2, -0.15) is 10.5 Å². The highest BCUT2D eigenvalue weighted by Crippen LogP contribution is 2.36. The Morgan fingerprint density at radius 1 is 1.23 bits per heavy atom. The van der Waals surface area contributed by atoms with Crippen LogP contribution >= 0.6 is 11.8 Å². The molecule has 1 aromatic heterocycles. The van der Waals surface area contributed by atoms with Crippen molar-refractivity contribution in [3.05, 3.63) is 41.2 Å². The molecule has 2 rings (SSSR count). The van der Waals surface area contributed by atoms with E-state index in [4.69, 9.17) is 10.8 Å². The Balaban J connectivity index is 2.81. The number of aromatic nitrogens is 1. The summed E-state index contributed by atoms with van der Waals surface area (Å²) < 4.78 is 14.1. The Hall–Kier alpha value is -2.61. The molecule has 0 aliphatic rings. The van der Waals surface area contributed by atoms with Gasteiger partial charge in [-0.15, -0.1) is 11.8 Å². The molecule has 0 bridgehead atoms. The topological polar surface area (TPSA) is 107 Å². The monoisotopic (exact) mass is 314 g/mol. The molecule has 0 spiro atoms. The Morgan fingerprint density at radius 2 is 1.91 bits per heavy atom. The van der Waals surface area contributed by atoms with E-state index >= 15 is 0 Å². The predicted molar refractivity (Wildman–Crippen MR) is 81.3 cm³/mol. The van der Waals surface area contributed by atoms with Crippen LogP contribution in [0.3, 0.4) is 0 Å². The minimum Gasteiger partial charge on any atom is -0.396 e. The summed E-state index contributed by atoms with van der Waals surface area (Å²) in [5.41, 5.74) is 6.08. The van der Waals surface area contributed by atoms with Crippen molar-refractivity contribution < 1.29 is 9.50 Å². The summed E-state index contributed by atoms with van der Waals surface area (Å²) in [4.78, 5) is 4.03. The maximum atomic E-state index is 14.1. The van der Waals surface area contributed by atoms with Gasteiger partial charge < -0.3 is 10.8 Å². The maximum Gasteiger partial charge on any atom is 0.143 e. The molecule has 1 heterocycles. The molecule has 0 amide bonds. The van der Waals surface area contributed by atoms with Crippen LogP contribution in [0, 0.1) is 28.5 Å². The number of hydrogen-bond donors (Lipinski definition) is 2. The van der Waals surface area contributed by atoms with E-state index in [1.165, 1.54) is 18.2 Å². The second kappa shape index (κ2) is 6.90. The van der Waals surface area contributed by atoms with Crippen molar-refractivity contribution in [3.8, 4) is 23.3 Å². The first-order valence-electron chi connectivity index (χ1n) is 6.26. The number of nitrogens with two attached hydrogens (primary N) is 1. The molecule has 0 saturated heterocycles. The zero-order valence-corrected chi connectivity index (χ0v) is 12.2. The van der Waals surface area contributed by atoms with Crippen molar-refractivity contribution in [3.63, 3.8) is 0 Å². The normalized spacial score (nSPS) is 10.0. The van der Waals surface area contributed by atoms with E-state index in [1.54, 1.807) is 6.07 Å². The Morgan fingerprint density at radius 3 is 2.50 bits per heavy atom. The number of thioether (sulfide) groups is 1. The molecule has 110 valence electrons. The fourth-order valence-corrected chi connectivity index (χ4v) is 2.72. The first-order chi connectivity index (χ1) is 10.6. The summed E-state index contributed by atoms with van der Waals surface area (Å²) in [5, 5.41) is 27.9. The Bertz CT molecular complexity index is 795. The third-order valence-electron chi connectivity index (χ3n) is 2.89. The minimum absolute atomic E-state index is 0.0324. The molecule has 5 nitrogen and oxygen atoms in total. The van der Waals surface area contributed by atoms with E-state index in [0.29, 0.717) is 5.75 Å². The Labute approximate surface area is 130 Å². The van der Waals surface area contributed by atoms with Crippen molar-refractivity contribution >= 4 is 17.6 Å². The summed E-state index contributed by atoms with van der Waals surface area (Å²) in [6.07, 6.45) is 0. The van der Waals surface area contributed by atoms with E-state index in [1.807, 2.05) is 12.1 Å². The number of aliphatic hydroxyl groups excluding tert-OH is 1. The highest BCUT2D eigenvalue weighted by atomic mass is 32.2. The number of nitrogen functional groups attached to an aromatic ring is 1. The number of benzene rings is 1. The fourth-order valence-electron chi connectivity index (χ4n) is 1.98. The molecule has 0 aliphatic carbocycles. The zero-order chi connectivity index (χ0) is 16.1. The third-order valence-corrected chi connectivity index (χ3v) is 3.84. The molecule has 3 N–H and O–H groups in total. The minimum atomic E-state index is -0.556. The maximum absolute atomic E-state index is 14.1. The number of pyridine rings is 1. The lowest BCUT2D eigenvalue weighted by atomic mass is 9.96. The average Bonchev–Trinajstić information content (AvgIpc) is 2.52. The summed E-state index contributed by atoms with van der Waals surface area (Å²) in [6, 6.07) is 9.70. The van der Waals surface area contributed by atoms with E-state index in [2.05, 4.69) is 4.98 Å². The molecule has 0 saturated carbocycles. The number of anilines is 1. The summed E-state index contributed by atoms with van der Waals surface area (Å²) in [5.74, 6) is -0.316. The number of hydrogen-bond acceptors (Lipinski definition) is 6. The standard InChI is InChI=1S/C15H11FN4OS/c16-12-4-2-1-3-9(12)13-10(7-17)14(19)20-15(11(13)8-18)22-6-5-21/h1-4,21H,5-6H2,(H2,19,20). The van der Waals surface area contributed by atoms with Gasteiger partial charge in [-0.25, -0.2) is 9.37 Å². The van der Waals surface area contributed by atoms with Gasteiger partial charge in [-0.3, -0.25) is 0 Å². The third kappa shape index (κ3) is 2.86. The number of aliphatic hydroxyl groups is 1. The van der Waals surface area contributed by atoms with Crippen LogP contribution in [0.25, 0.3) is 11.1 Å². The van der Waals surface area contributed by atoms with Gasteiger partial charge >= 0.3 is 0 Å². The predicted octanol–water partition coefficient (Wildman–Crippen LogP) is 2.30. The molecule has 0 atom stereocenters. The molecule has 22 heavy (non-hydrogen) atoms. The lowest BCUT2D eigenvalue weighted by Gasteiger charge is -2.13. The van der Waals surface area contributed by atoms with Gasteiger partial charge in [0.05, 0.1) is 12.2 Å². The van der Waals surface area contributed by atoms with Crippen molar-refractivity contribution in [2.24, 2.45) is 0 Å². The average molecular weight is 314 g/mol. The molecular formula is C15H11FN4OS. The molecule has 0 fully saturated rings. The molecule has 0 radical (unpaired) electrons. The summed E-state index contributed by atoms with van der Waals surface area (Å²) in [6.45, 7) is -0.105. The van der Waals surface area contributed by atoms with E-state index in [0.717, 1.165) is 11.8 Å². The van der Waals surface area contributed by atoms with Crippen LogP contribution in [-0.2, 0) is 0 Å². The van der Waals surface area contributed by atoms with Crippen LogP contribution in [0.2, 0.25) is 0 Å². The largest absolute Gasteiger partial charge is 0.396 e. The number of halogens is 1. The van der Waals surface area contributed by atoms with Crippen LogP contribution in [0.15, 0.2) is 29.3 Å². The molecule has 0 aliphatic heterocycles. The van der Waals surface area contributed by atoms with Crippen molar-refractivity contribution in [2.45, 2.75) is 5.03 Å². The SMILES string of the molecule is N#Cc1c(N)nc(SCCO)c(C#N)c1-c1ccccc1F. The molecule has 7 heteroatoms. The van der Waals surface area contributed by atoms with Gasteiger partial charge in [0.25, 0.3) is 0 Å². The Kier molecular flexibility index (Phi) is 4.95. The van der Waals surface area contributed by atoms with Crippen LogP contribution in [0.4, 0.5) is 10.2 Å². The van der Waals surface area contributed by atoms with Gasteiger partial charge in [0.15, 0.2) is 0 Å². The first-order valence-corrected chi connectivity index (χ1v) is 7.24. The number of nitrogens with zero attached hydrogens (tertiary/aromatic N) is 3. The first kappa shape index (κ1) is 15.8. The zero-order valence-electron chi connectivity index (χ0n) is 11.4. The van der Waals surface area contributed by atoms with Crippen LogP contribution in [-0.4, -0.2) is 22.5 Å². The lowest BCUT2D eigenvalue weighted by molar-refractivity contribution is 0.322. The number of nitriles is 2. The molecule has 1 aromatic carbocycles. The number of rotatable bonds is 4. The lowest BCUT2D eigenvalue weighted by Crippen LogP contribution is -2.04. The van der Waals surface area contributed by atoms with Crippen molar-refractivity contribution in [1.29, 1.82) is 10.5 Å². The van der Waals surface area contributed by atoms with Crippen molar-refractivity contribution in [1.82, 2.24) is 4.98 Å². The van der Waals surface area contributed by atoms with E-state index in [-0.39, 0.29) is 39.7 Å². The van der Waals surface area contributed by atoms with E-state index < -0.39 is 5.82 Å². The fraction of sp³-hybridized carbons (Fsp3) is 0.133. The second-order valence-corrected chi connectivity index (χ2v) is 5.29. The van der Waals surface area contributed by atoms with Gasteiger partial charge in [-0.1, -0.05) is 18.2 Å². The van der Waals surface area contributed by atoms with Crippen LogP contribution in [0.1, 0.15) is 11.1 Å². The smallest absolute Gasteiger partial charge is 0.143 e. The summed E-state index contributed by atoms with van der Waals surface area (Å²) >= 11 is 1.12. The van der Waals surface area contributed by atoms with Gasteiger partial charge in [0.2, 0.25) is 0 Å². The van der Waals surface area contributed by atoms with E-state index in [9.17, 15) is 14.9 Å². The van der Waals surface area contributed by atoms with Gasteiger partial charge in [-0.05, 0) is 6.07 Å². The molecule has 0 unspecified atom stereocenters. The quantitative estimate of drug-likeness (QED) is 0.839. The molecular weight excluding hydrogens is 303 g/mol. The van der Waals surface area contributed by atoms with Crippen molar-refractivity contribution in [2.75, 3.05) is 18.1 Å². The van der Waals surface area contributed by atoms with Gasteiger partial charge in [0, 0.05) is 16.9 Å².